The van der Waals surface area contributed by atoms with Gasteiger partial charge in [0.15, 0.2) is 11.4 Å². The summed E-state index contributed by atoms with van der Waals surface area (Å²) in [4.78, 5) is 30.6. The highest BCUT2D eigenvalue weighted by Crippen LogP contribution is 2.44. The average Bonchev–Trinajstić information content (AvgIpc) is 3.34. The van der Waals surface area contributed by atoms with E-state index in [-0.39, 0.29) is 35.1 Å². The molecule has 10 heteroatoms. The summed E-state index contributed by atoms with van der Waals surface area (Å²) in [6.07, 6.45) is 4.47. The first-order valence-electron chi connectivity index (χ1n) is 9.30. The summed E-state index contributed by atoms with van der Waals surface area (Å²) in [7, 11) is 0. The Balaban J connectivity index is 1.70. The second-order valence-corrected chi connectivity index (χ2v) is 7.37. The van der Waals surface area contributed by atoms with Gasteiger partial charge in [-0.25, -0.2) is 22.9 Å². The molecule has 0 saturated heterocycles. The number of imidazole rings is 1. The van der Waals surface area contributed by atoms with Crippen LogP contribution in [0.25, 0.3) is 0 Å². The number of rotatable bonds is 4. The van der Waals surface area contributed by atoms with Crippen molar-refractivity contribution in [2.75, 3.05) is 5.32 Å². The quantitative estimate of drug-likeness (QED) is 0.576. The number of H-pyrrole nitrogens is 1. The number of halogens is 3. The van der Waals surface area contributed by atoms with Gasteiger partial charge in [-0.15, -0.1) is 0 Å². The maximum absolute atomic E-state index is 14.8. The minimum atomic E-state index is -3.48. The number of nitrogens with one attached hydrogen (secondary N) is 4. The summed E-state index contributed by atoms with van der Waals surface area (Å²) >= 11 is 0. The molecule has 1 fully saturated rings. The number of urea groups is 1. The molecule has 0 radical (unpaired) electrons. The second-order valence-electron chi connectivity index (χ2n) is 7.37. The number of fused-ring (bicyclic) bond motifs is 1. The zero-order valence-electron chi connectivity index (χ0n) is 15.9. The van der Waals surface area contributed by atoms with Gasteiger partial charge >= 0.3 is 6.03 Å². The highest BCUT2D eigenvalue weighted by atomic mass is 19.3. The van der Waals surface area contributed by atoms with E-state index in [1.807, 2.05) is 0 Å². The second kappa shape index (κ2) is 7.09. The Morgan fingerprint density at radius 2 is 2.17 bits per heavy atom. The fraction of sp³-hybridized carbons (Fsp3) is 0.350. The van der Waals surface area contributed by atoms with Gasteiger partial charge in [-0.2, -0.15) is 0 Å². The SMILES string of the molecule is CC(F)(F)C1(C#CC2CC2)NC(=O)Nc2cc(CNC(=O)c3ncc[nH]3)c(F)cc21. The van der Waals surface area contributed by atoms with Gasteiger partial charge in [0.2, 0.25) is 0 Å². The number of nitrogens with zero attached hydrogens (tertiary/aromatic N) is 1. The molecule has 1 aromatic carbocycles. The zero-order chi connectivity index (χ0) is 21.5. The lowest BCUT2D eigenvalue weighted by Gasteiger charge is -2.40. The Kier molecular flexibility index (Phi) is 4.68. The van der Waals surface area contributed by atoms with E-state index >= 15 is 0 Å². The van der Waals surface area contributed by atoms with Crippen LogP contribution < -0.4 is 16.0 Å². The first-order valence-corrected chi connectivity index (χ1v) is 9.30. The molecular formula is C20H18F3N5O2. The smallest absolute Gasteiger partial charge is 0.320 e. The summed E-state index contributed by atoms with van der Waals surface area (Å²) in [5.41, 5.74) is -2.50. The van der Waals surface area contributed by atoms with E-state index in [1.54, 1.807) is 0 Å². The van der Waals surface area contributed by atoms with Crippen molar-refractivity contribution in [3.05, 3.63) is 47.3 Å². The van der Waals surface area contributed by atoms with Crippen molar-refractivity contribution in [2.45, 2.75) is 37.8 Å². The molecule has 1 saturated carbocycles. The van der Waals surface area contributed by atoms with E-state index in [9.17, 15) is 22.8 Å². The molecule has 1 atom stereocenters. The summed E-state index contributed by atoms with van der Waals surface area (Å²) < 4.78 is 44.2. The van der Waals surface area contributed by atoms with E-state index in [2.05, 4.69) is 37.8 Å². The van der Waals surface area contributed by atoms with Crippen LogP contribution >= 0.6 is 0 Å². The molecule has 1 unspecified atom stereocenters. The predicted molar refractivity (Wildman–Crippen MR) is 101 cm³/mol. The Morgan fingerprint density at radius 1 is 1.40 bits per heavy atom. The molecule has 0 spiro atoms. The molecular weight excluding hydrogens is 399 g/mol. The molecule has 2 heterocycles. The Hall–Kier alpha value is -3.48. The number of hydrogen-bond acceptors (Lipinski definition) is 3. The number of carbonyl (C=O) groups is 2. The van der Waals surface area contributed by atoms with Crippen LogP contribution in [0.3, 0.4) is 0 Å². The van der Waals surface area contributed by atoms with E-state index < -0.39 is 29.2 Å². The third-order valence-electron chi connectivity index (χ3n) is 4.99. The molecule has 30 heavy (non-hydrogen) atoms. The van der Waals surface area contributed by atoms with Crippen molar-refractivity contribution >= 4 is 17.6 Å². The standard InChI is InChI=1S/C20H18F3N5O2/c1-19(22,23)20(5-4-11-2-3-11)13-9-14(21)12(8-15(13)27-18(30)28-20)10-26-17(29)16-24-6-7-25-16/h6-9,11H,2-3,10H2,1H3,(H,24,25)(H,26,29)(H2,27,28,30). The average molecular weight is 417 g/mol. The van der Waals surface area contributed by atoms with E-state index in [4.69, 9.17) is 0 Å². The van der Waals surface area contributed by atoms with Crippen LogP contribution in [0.4, 0.5) is 23.7 Å². The van der Waals surface area contributed by atoms with Crippen LogP contribution in [0.2, 0.25) is 0 Å². The monoisotopic (exact) mass is 417 g/mol. The molecule has 1 aromatic heterocycles. The zero-order valence-corrected chi connectivity index (χ0v) is 15.9. The van der Waals surface area contributed by atoms with Crippen LogP contribution in [0.15, 0.2) is 24.5 Å². The third kappa shape index (κ3) is 3.58. The van der Waals surface area contributed by atoms with Crippen molar-refractivity contribution < 1.29 is 22.8 Å². The van der Waals surface area contributed by atoms with Crippen molar-refractivity contribution in [1.82, 2.24) is 20.6 Å². The predicted octanol–water partition coefficient (Wildman–Crippen LogP) is 2.88. The minimum Gasteiger partial charge on any atom is -0.345 e. The molecule has 0 bridgehead atoms. The topological polar surface area (TPSA) is 98.9 Å². The molecule has 1 aliphatic heterocycles. The van der Waals surface area contributed by atoms with E-state index in [1.165, 1.54) is 18.5 Å². The lowest BCUT2D eigenvalue weighted by atomic mass is 9.81. The largest absolute Gasteiger partial charge is 0.345 e. The number of aromatic nitrogens is 2. The van der Waals surface area contributed by atoms with Gasteiger partial charge < -0.3 is 20.9 Å². The summed E-state index contributed by atoms with van der Waals surface area (Å²) in [5.74, 6) is 0.471. The molecule has 2 aliphatic rings. The highest BCUT2D eigenvalue weighted by Gasteiger charge is 2.55. The van der Waals surface area contributed by atoms with Crippen LogP contribution in [0.5, 0.6) is 0 Å². The Bertz CT molecular complexity index is 1060. The summed E-state index contributed by atoms with van der Waals surface area (Å²) in [6, 6.07) is 1.28. The fourth-order valence-electron chi connectivity index (χ4n) is 3.20. The summed E-state index contributed by atoms with van der Waals surface area (Å²) in [6.45, 7) is 0.407. The lowest BCUT2D eigenvalue weighted by molar-refractivity contribution is -0.0465. The van der Waals surface area contributed by atoms with E-state index in [0.717, 1.165) is 18.9 Å². The molecule has 4 N–H and O–H groups in total. The summed E-state index contributed by atoms with van der Waals surface area (Å²) in [5, 5.41) is 7.11. The number of anilines is 1. The van der Waals surface area contributed by atoms with Gasteiger partial charge in [0.1, 0.15) is 5.82 Å². The lowest BCUT2D eigenvalue weighted by Crippen LogP contribution is -2.59. The number of aromatic amines is 1. The van der Waals surface area contributed by atoms with Crippen LogP contribution in [-0.2, 0) is 12.1 Å². The number of amides is 3. The first kappa shape index (κ1) is 19.8. The van der Waals surface area contributed by atoms with Gasteiger partial charge in [-0.1, -0.05) is 11.8 Å². The van der Waals surface area contributed by atoms with Crippen molar-refractivity contribution in [3.8, 4) is 11.8 Å². The van der Waals surface area contributed by atoms with Crippen molar-refractivity contribution in [3.63, 3.8) is 0 Å². The van der Waals surface area contributed by atoms with Gasteiger partial charge in [0, 0.05) is 48.6 Å². The molecule has 3 amide bonds. The molecule has 1 aliphatic carbocycles. The normalized spacial score (nSPS) is 20.3. The highest BCUT2D eigenvalue weighted by molar-refractivity contribution is 5.95. The van der Waals surface area contributed by atoms with E-state index in [0.29, 0.717) is 6.92 Å². The fourth-order valence-corrected chi connectivity index (χ4v) is 3.20. The van der Waals surface area contributed by atoms with Gasteiger partial charge in [-0.3, -0.25) is 4.79 Å². The van der Waals surface area contributed by atoms with Gasteiger partial charge in [0.05, 0.1) is 0 Å². The minimum absolute atomic E-state index is 0.000367. The molecule has 7 nitrogen and oxygen atoms in total. The third-order valence-corrected chi connectivity index (χ3v) is 4.99. The van der Waals surface area contributed by atoms with Crippen LogP contribution in [0, 0.1) is 23.6 Å². The number of carbonyl (C=O) groups excluding carboxylic acids is 2. The Morgan fingerprint density at radius 3 is 2.80 bits per heavy atom. The van der Waals surface area contributed by atoms with Crippen molar-refractivity contribution in [2.24, 2.45) is 5.92 Å². The number of alkyl halides is 2. The Labute approximate surface area is 169 Å². The van der Waals surface area contributed by atoms with Gasteiger partial charge in [0.25, 0.3) is 11.8 Å². The molecule has 4 rings (SSSR count). The number of benzene rings is 1. The number of hydrogen-bond donors (Lipinski definition) is 4. The van der Waals surface area contributed by atoms with Gasteiger partial charge in [-0.05, 0) is 25.0 Å². The van der Waals surface area contributed by atoms with Crippen LogP contribution in [-0.4, -0.2) is 27.8 Å². The molecule has 2 aromatic rings. The maximum Gasteiger partial charge on any atom is 0.320 e. The van der Waals surface area contributed by atoms with Crippen LogP contribution in [0.1, 0.15) is 41.5 Å². The first-order chi connectivity index (χ1) is 14.2. The van der Waals surface area contributed by atoms with Crippen molar-refractivity contribution in [1.29, 1.82) is 0 Å². The molecule has 156 valence electrons. The maximum atomic E-state index is 14.8.